The molecule has 0 spiro atoms. The van der Waals surface area contributed by atoms with Crippen molar-refractivity contribution in [1.29, 1.82) is 0 Å². The summed E-state index contributed by atoms with van der Waals surface area (Å²) in [5, 5.41) is 0. The summed E-state index contributed by atoms with van der Waals surface area (Å²) in [5.41, 5.74) is 1.15. The number of rotatable bonds is 3. The van der Waals surface area contributed by atoms with E-state index < -0.39 is 0 Å². The maximum absolute atomic E-state index is 13.4. The van der Waals surface area contributed by atoms with Gasteiger partial charge in [-0.3, -0.25) is 9.59 Å². The van der Waals surface area contributed by atoms with Gasteiger partial charge in [0.05, 0.1) is 12.0 Å². The molecule has 5 heteroatoms. The highest BCUT2D eigenvalue weighted by molar-refractivity contribution is 5.77. The summed E-state index contributed by atoms with van der Waals surface area (Å²) in [5.74, 6) is 0.973. The minimum absolute atomic E-state index is 0.0553. The zero-order valence-corrected chi connectivity index (χ0v) is 16.4. The van der Waals surface area contributed by atoms with Crippen LogP contribution in [0.4, 0.5) is 0 Å². The molecule has 2 bridgehead atoms. The summed E-state index contributed by atoms with van der Waals surface area (Å²) < 4.78 is 4.23. The number of nitrogens with zero attached hydrogens (tertiary/aromatic N) is 3. The molecule has 4 heterocycles. The number of aromatic nitrogens is 2. The molecule has 1 saturated heterocycles. The molecule has 0 aromatic carbocycles. The van der Waals surface area contributed by atoms with E-state index in [0.29, 0.717) is 18.3 Å². The molecule has 2 atom stereocenters. The minimum atomic E-state index is -0.0553. The third-order valence-electron chi connectivity index (χ3n) is 7.25. The molecule has 148 valence electrons. The topological polar surface area (TPSA) is 47.2 Å². The molecule has 2 aromatic heterocycles. The molecule has 0 radical (unpaired) electrons. The molecule has 2 aliphatic heterocycles. The molecule has 0 N–H and O–H groups in total. The molecule has 2 unspecified atom stereocenters. The Hall–Kier alpha value is -2.30. The zero-order chi connectivity index (χ0) is 19.1. The third-order valence-corrected chi connectivity index (χ3v) is 7.25. The van der Waals surface area contributed by atoms with Gasteiger partial charge in [-0.1, -0.05) is 25.3 Å². The molecule has 2 aromatic rings. The second-order valence-corrected chi connectivity index (χ2v) is 9.05. The van der Waals surface area contributed by atoms with E-state index >= 15 is 0 Å². The third kappa shape index (κ3) is 3.01. The van der Waals surface area contributed by atoms with Crippen molar-refractivity contribution in [3.8, 4) is 0 Å². The van der Waals surface area contributed by atoms with Crippen LogP contribution < -0.4 is 5.56 Å². The number of hydrogen-bond acceptors (Lipinski definition) is 2. The van der Waals surface area contributed by atoms with Crippen molar-refractivity contribution in [3.63, 3.8) is 0 Å². The second kappa shape index (κ2) is 6.94. The van der Waals surface area contributed by atoms with Crippen molar-refractivity contribution < 1.29 is 4.79 Å². The fraction of sp³-hybridized carbons (Fsp3) is 0.565. The molecule has 5 rings (SSSR count). The number of amides is 1. The highest BCUT2D eigenvalue weighted by Gasteiger charge is 2.40. The SMILES string of the molecule is O=C(CC1(n2cccc2)CCCCC1)N1CC2CC(C1)c1cccc(=O)n1C2. The average Bonchev–Trinajstić information content (AvgIpc) is 3.25. The molecule has 3 aliphatic rings. The van der Waals surface area contributed by atoms with E-state index in [1.54, 1.807) is 6.07 Å². The van der Waals surface area contributed by atoms with E-state index in [9.17, 15) is 9.59 Å². The summed E-state index contributed by atoms with van der Waals surface area (Å²) in [6, 6.07) is 9.72. The first-order chi connectivity index (χ1) is 13.6. The molecule has 1 aliphatic carbocycles. The Labute approximate surface area is 166 Å². The molecular weight excluding hydrogens is 350 g/mol. The number of fused-ring (bicyclic) bond motifs is 4. The summed E-state index contributed by atoms with van der Waals surface area (Å²) in [4.78, 5) is 27.7. The van der Waals surface area contributed by atoms with Gasteiger partial charge < -0.3 is 14.0 Å². The van der Waals surface area contributed by atoms with Crippen LogP contribution >= 0.6 is 0 Å². The van der Waals surface area contributed by atoms with Crippen LogP contribution in [-0.4, -0.2) is 33.0 Å². The van der Waals surface area contributed by atoms with Crippen LogP contribution in [0.5, 0.6) is 0 Å². The van der Waals surface area contributed by atoms with Crippen molar-refractivity contribution in [3.05, 3.63) is 58.8 Å². The standard InChI is InChI=1S/C23H29N3O2/c27-21-8-6-7-20-19-13-18(16-26(20)21)15-24(17-19)22(28)14-23(9-2-1-3-10-23)25-11-4-5-12-25/h4-8,11-12,18-19H,1-3,9-10,13-17H2. The van der Waals surface area contributed by atoms with Crippen LogP contribution in [0, 0.1) is 5.92 Å². The molecule has 28 heavy (non-hydrogen) atoms. The van der Waals surface area contributed by atoms with Gasteiger partial charge in [0, 0.05) is 49.7 Å². The minimum Gasteiger partial charge on any atom is -0.348 e. The number of piperidine rings is 1. The predicted molar refractivity (Wildman–Crippen MR) is 108 cm³/mol. The second-order valence-electron chi connectivity index (χ2n) is 9.05. The van der Waals surface area contributed by atoms with E-state index in [0.717, 1.165) is 44.6 Å². The van der Waals surface area contributed by atoms with Crippen molar-refractivity contribution in [2.45, 2.75) is 62.9 Å². The Morgan fingerprint density at radius 3 is 2.57 bits per heavy atom. The van der Waals surface area contributed by atoms with Crippen molar-refractivity contribution in [2.24, 2.45) is 5.92 Å². The van der Waals surface area contributed by atoms with Crippen LogP contribution in [0.1, 0.15) is 56.6 Å². The van der Waals surface area contributed by atoms with Crippen molar-refractivity contribution in [2.75, 3.05) is 13.1 Å². The van der Waals surface area contributed by atoms with Crippen molar-refractivity contribution in [1.82, 2.24) is 14.0 Å². The monoisotopic (exact) mass is 379 g/mol. The lowest BCUT2D eigenvalue weighted by Gasteiger charge is -2.45. The lowest BCUT2D eigenvalue weighted by atomic mass is 9.78. The summed E-state index contributed by atoms with van der Waals surface area (Å²) in [7, 11) is 0. The van der Waals surface area contributed by atoms with E-state index in [-0.39, 0.29) is 17.0 Å². The van der Waals surface area contributed by atoms with Crippen LogP contribution in [0.25, 0.3) is 0 Å². The average molecular weight is 380 g/mol. The van der Waals surface area contributed by atoms with Gasteiger partial charge in [0.25, 0.3) is 5.56 Å². The largest absolute Gasteiger partial charge is 0.348 e. The van der Waals surface area contributed by atoms with Crippen LogP contribution in [-0.2, 0) is 16.9 Å². The molecule has 1 amide bonds. The number of likely N-dealkylation sites (tertiary alicyclic amines) is 1. The Balaban J connectivity index is 1.37. The first-order valence-electron chi connectivity index (χ1n) is 10.8. The highest BCUT2D eigenvalue weighted by Crippen LogP contribution is 2.40. The van der Waals surface area contributed by atoms with Gasteiger partial charge in [-0.2, -0.15) is 0 Å². The van der Waals surface area contributed by atoms with Gasteiger partial charge in [0.1, 0.15) is 0 Å². The highest BCUT2D eigenvalue weighted by atomic mass is 16.2. The lowest BCUT2D eigenvalue weighted by molar-refractivity contribution is -0.136. The fourth-order valence-corrected chi connectivity index (χ4v) is 5.88. The van der Waals surface area contributed by atoms with E-state index in [4.69, 9.17) is 0 Å². The van der Waals surface area contributed by atoms with Gasteiger partial charge in [-0.15, -0.1) is 0 Å². The normalized spacial score (nSPS) is 25.9. The molecular formula is C23H29N3O2. The zero-order valence-electron chi connectivity index (χ0n) is 16.4. The quantitative estimate of drug-likeness (QED) is 0.821. The number of carbonyl (C=O) groups excluding carboxylic acids is 1. The maximum Gasteiger partial charge on any atom is 0.250 e. The Kier molecular flexibility index (Phi) is 4.41. The Bertz CT molecular complexity index is 908. The van der Waals surface area contributed by atoms with Gasteiger partial charge in [0.2, 0.25) is 5.91 Å². The summed E-state index contributed by atoms with van der Waals surface area (Å²) in [6.45, 7) is 2.29. The van der Waals surface area contributed by atoms with Gasteiger partial charge in [0.15, 0.2) is 0 Å². The fourth-order valence-electron chi connectivity index (χ4n) is 5.88. The number of hydrogen-bond donors (Lipinski definition) is 0. The first kappa shape index (κ1) is 17.8. The molecule has 1 saturated carbocycles. The van der Waals surface area contributed by atoms with Crippen LogP contribution in [0.3, 0.4) is 0 Å². The molecule has 2 fully saturated rings. The van der Waals surface area contributed by atoms with E-state index in [1.807, 2.05) is 10.6 Å². The maximum atomic E-state index is 13.4. The van der Waals surface area contributed by atoms with Crippen LogP contribution in [0.15, 0.2) is 47.5 Å². The van der Waals surface area contributed by atoms with Gasteiger partial charge in [-0.25, -0.2) is 0 Å². The number of carbonyl (C=O) groups is 1. The lowest BCUT2D eigenvalue weighted by Crippen LogP contribution is -2.51. The van der Waals surface area contributed by atoms with Gasteiger partial charge in [-0.05, 0) is 43.4 Å². The smallest absolute Gasteiger partial charge is 0.250 e. The first-order valence-corrected chi connectivity index (χ1v) is 10.8. The Morgan fingerprint density at radius 1 is 1.00 bits per heavy atom. The summed E-state index contributed by atoms with van der Waals surface area (Å²) >= 11 is 0. The predicted octanol–water partition coefficient (Wildman–Crippen LogP) is 3.35. The number of pyridine rings is 1. The van der Waals surface area contributed by atoms with E-state index in [1.165, 1.54) is 19.3 Å². The van der Waals surface area contributed by atoms with Crippen molar-refractivity contribution >= 4 is 5.91 Å². The summed E-state index contributed by atoms with van der Waals surface area (Å²) in [6.07, 6.45) is 11.8. The Morgan fingerprint density at radius 2 is 1.79 bits per heavy atom. The van der Waals surface area contributed by atoms with E-state index in [2.05, 4.69) is 40.1 Å². The van der Waals surface area contributed by atoms with Gasteiger partial charge >= 0.3 is 0 Å². The molecule has 5 nitrogen and oxygen atoms in total. The van der Waals surface area contributed by atoms with Crippen LogP contribution in [0.2, 0.25) is 0 Å².